The fraction of sp³-hybridized carbons (Fsp3) is 1.00. The second kappa shape index (κ2) is 17.5. The summed E-state index contributed by atoms with van der Waals surface area (Å²) in [5.41, 5.74) is 0. The van der Waals surface area contributed by atoms with E-state index in [1.54, 1.807) is 6.92 Å². The maximum Gasteiger partial charge on any atom is 0.329 e. The monoisotopic (exact) mass is 377 g/mol. The summed E-state index contributed by atoms with van der Waals surface area (Å²) in [6, 6.07) is 0. The van der Waals surface area contributed by atoms with E-state index in [-0.39, 0.29) is 6.16 Å². The molecular weight excluding hydrogens is 333 g/mol. The zero-order chi connectivity index (χ0) is 18.8. The van der Waals surface area contributed by atoms with Crippen LogP contribution >= 0.6 is 7.60 Å². The Hall–Kier alpha value is 0.110. The van der Waals surface area contributed by atoms with Crippen LogP contribution in [0.4, 0.5) is 0 Å². The van der Waals surface area contributed by atoms with Crippen molar-refractivity contribution in [3.8, 4) is 0 Å². The van der Waals surface area contributed by atoms with Gasteiger partial charge in [-0.15, -0.1) is 0 Å². The van der Waals surface area contributed by atoms with Gasteiger partial charge in [0.15, 0.2) is 0 Å². The molecule has 0 rings (SSSR count). The van der Waals surface area contributed by atoms with Gasteiger partial charge in [-0.05, 0) is 32.9 Å². The van der Waals surface area contributed by atoms with Crippen molar-refractivity contribution >= 4 is 7.60 Å². The van der Waals surface area contributed by atoms with Crippen LogP contribution in [0.3, 0.4) is 0 Å². The van der Waals surface area contributed by atoms with Crippen molar-refractivity contribution in [1.29, 1.82) is 0 Å². The van der Waals surface area contributed by atoms with E-state index in [2.05, 4.69) is 18.7 Å². The van der Waals surface area contributed by atoms with Crippen molar-refractivity contribution in [3.63, 3.8) is 0 Å². The number of hydrogen-bond acceptors (Lipinski definition) is 3. The highest BCUT2D eigenvalue weighted by molar-refractivity contribution is 7.52. The first-order valence-electron chi connectivity index (χ1n) is 10.7. The van der Waals surface area contributed by atoms with Gasteiger partial charge < -0.3 is 14.3 Å². The molecule has 0 aromatic rings. The van der Waals surface area contributed by atoms with Crippen LogP contribution in [0.2, 0.25) is 0 Å². The van der Waals surface area contributed by atoms with Crippen LogP contribution in [-0.4, -0.2) is 42.2 Å². The molecule has 0 aliphatic rings. The molecule has 25 heavy (non-hydrogen) atoms. The van der Waals surface area contributed by atoms with Crippen LogP contribution in [0.5, 0.6) is 0 Å². The average molecular weight is 378 g/mol. The van der Waals surface area contributed by atoms with Gasteiger partial charge in [-0.3, -0.25) is 4.57 Å². The van der Waals surface area contributed by atoms with E-state index in [4.69, 9.17) is 4.52 Å². The molecule has 0 bridgehead atoms. The van der Waals surface area contributed by atoms with E-state index in [1.807, 2.05) is 0 Å². The van der Waals surface area contributed by atoms with Gasteiger partial charge in [-0.2, -0.15) is 0 Å². The molecule has 0 aromatic heterocycles. The molecule has 1 atom stereocenters. The zero-order valence-corrected chi connectivity index (χ0v) is 18.1. The van der Waals surface area contributed by atoms with Gasteiger partial charge in [0.05, 0.1) is 12.8 Å². The van der Waals surface area contributed by atoms with Gasteiger partial charge in [-0.1, -0.05) is 78.1 Å². The predicted molar refractivity (Wildman–Crippen MR) is 110 cm³/mol. The van der Waals surface area contributed by atoms with Gasteiger partial charge in [0.1, 0.15) is 0 Å². The molecule has 0 saturated heterocycles. The third-order valence-corrected chi connectivity index (χ3v) is 6.11. The van der Waals surface area contributed by atoms with Gasteiger partial charge in [0.2, 0.25) is 0 Å². The second-order valence-corrected chi connectivity index (χ2v) is 9.14. The zero-order valence-electron chi connectivity index (χ0n) is 17.2. The lowest BCUT2D eigenvalue weighted by Gasteiger charge is -2.23. The Morgan fingerprint density at radius 3 is 1.60 bits per heavy atom. The third kappa shape index (κ3) is 17.3. The molecule has 5 heteroatoms. The minimum Gasteiger partial charge on any atom is -0.324 e. The highest BCUT2D eigenvalue weighted by Gasteiger charge is 2.19. The quantitative estimate of drug-likeness (QED) is 0.214. The van der Waals surface area contributed by atoms with Crippen LogP contribution in [-0.2, 0) is 9.09 Å². The molecule has 4 nitrogen and oxygen atoms in total. The summed E-state index contributed by atoms with van der Waals surface area (Å²) < 4.78 is 16.9. The first-order chi connectivity index (χ1) is 12.1. The molecule has 1 unspecified atom stereocenters. The Morgan fingerprint density at radius 1 is 0.720 bits per heavy atom. The van der Waals surface area contributed by atoms with E-state index >= 15 is 0 Å². The van der Waals surface area contributed by atoms with E-state index in [9.17, 15) is 9.46 Å². The lowest BCUT2D eigenvalue weighted by atomic mass is 10.1. The first-order valence-corrected chi connectivity index (χ1v) is 12.5. The average Bonchev–Trinajstić information content (AvgIpc) is 2.58. The fourth-order valence-electron chi connectivity index (χ4n) is 3.10. The summed E-state index contributed by atoms with van der Waals surface area (Å²) >= 11 is 0. The molecule has 0 amide bonds. The lowest BCUT2D eigenvalue weighted by molar-refractivity contribution is 0.247. The number of nitrogens with zero attached hydrogens (tertiary/aromatic N) is 1. The fourth-order valence-corrected chi connectivity index (χ4v) is 4.17. The molecule has 0 aromatic carbocycles. The van der Waals surface area contributed by atoms with Gasteiger partial charge in [0, 0.05) is 6.54 Å². The Bertz CT molecular complexity index is 310. The summed E-state index contributed by atoms with van der Waals surface area (Å²) in [6.45, 7) is 9.34. The molecular formula is C20H44NO3P. The van der Waals surface area contributed by atoms with Crippen LogP contribution in [0.15, 0.2) is 0 Å². The topological polar surface area (TPSA) is 49.8 Å². The number of unbranched alkanes of at least 4 members (excludes halogenated alkanes) is 10. The minimum atomic E-state index is -3.40. The predicted octanol–water partition coefficient (Wildman–Crippen LogP) is 6.23. The highest BCUT2D eigenvalue weighted by Crippen LogP contribution is 2.41. The van der Waals surface area contributed by atoms with Crippen molar-refractivity contribution < 1.29 is 14.0 Å². The Labute approximate surface area is 157 Å². The van der Waals surface area contributed by atoms with Crippen LogP contribution in [0.25, 0.3) is 0 Å². The van der Waals surface area contributed by atoms with E-state index in [0.29, 0.717) is 13.2 Å². The number of hydrogen-bond donors (Lipinski definition) is 1. The second-order valence-electron chi connectivity index (χ2n) is 7.16. The standard InChI is InChI=1S/C20H44NO3P/c1-4-7-9-11-13-15-17-21(18-16-14-12-10-8-5-2)19-20-25(22,23)24-6-3/h4-20H2,1-3H3,(H,22,23). The van der Waals surface area contributed by atoms with Gasteiger partial charge in [0.25, 0.3) is 0 Å². The highest BCUT2D eigenvalue weighted by atomic mass is 31.2. The van der Waals surface area contributed by atoms with Crippen molar-refractivity contribution in [1.82, 2.24) is 4.90 Å². The first kappa shape index (κ1) is 25.1. The minimum absolute atomic E-state index is 0.256. The number of rotatable bonds is 19. The van der Waals surface area contributed by atoms with Crippen molar-refractivity contribution in [2.75, 3.05) is 32.4 Å². The third-order valence-electron chi connectivity index (χ3n) is 4.69. The molecule has 0 saturated carbocycles. The molecule has 0 aliphatic heterocycles. The Balaban J connectivity index is 4.05. The normalized spacial score (nSPS) is 14.1. The van der Waals surface area contributed by atoms with Crippen LogP contribution < -0.4 is 0 Å². The molecule has 0 aliphatic carbocycles. The molecule has 0 radical (unpaired) electrons. The molecule has 1 N–H and O–H groups in total. The van der Waals surface area contributed by atoms with Gasteiger partial charge in [-0.25, -0.2) is 0 Å². The SMILES string of the molecule is CCCCCCCCN(CCCCCCCC)CCP(=O)(O)OCC. The van der Waals surface area contributed by atoms with Crippen molar-refractivity contribution in [2.24, 2.45) is 0 Å². The molecule has 152 valence electrons. The Kier molecular flexibility index (Phi) is 17.6. The lowest BCUT2D eigenvalue weighted by Crippen LogP contribution is -2.29. The maximum absolute atomic E-state index is 11.9. The molecule has 0 fully saturated rings. The maximum atomic E-state index is 11.9. The largest absolute Gasteiger partial charge is 0.329 e. The van der Waals surface area contributed by atoms with Crippen molar-refractivity contribution in [2.45, 2.75) is 97.8 Å². The van der Waals surface area contributed by atoms with Gasteiger partial charge >= 0.3 is 7.60 Å². The van der Waals surface area contributed by atoms with E-state index in [1.165, 1.54) is 77.0 Å². The van der Waals surface area contributed by atoms with Crippen molar-refractivity contribution in [3.05, 3.63) is 0 Å². The van der Waals surface area contributed by atoms with Crippen LogP contribution in [0, 0.1) is 0 Å². The van der Waals surface area contributed by atoms with Crippen LogP contribution in [0.1, 0.15) is 97.8 Å². The Morgan fingerprint density at radius 2 is 1.16 bits per heavy atom. The van der Waals surface area contributed by atoms with E-state index in [0.717, 1.165) is 13.1 Å². The summed E-state index contributed by atoms with van der Waals surface area (Å²) in [5, 5.41) is 0. The summed E-state index contributed by atoms with van der Waals surface area (Å²) in [4.78, 5) is 12.2. The summed E-state index contributed by atoms with van der Waals surface area (Å²) in [7, 11) is -3.40. The molecule has 0 heterocycles. The summed E-state index contributed by atoms with van der Waals surface area (Å²) in [6.07, 6.45) is 15.7. The smallest absolute Gasteiger partial charge is 0.324 e. The molecule has 0 spiro atoms. The van der Waals surface area contributed by atoms with E-state index < -0.39 is 7.60 Å². The summed E-state index contributed by atoms with van der Waals surface area (Å²) in [5.74, 6) is 0.